The predicted octanol–water partition coefficient (Wildman–Crippen LogP) is 2.16. The van der Waals surface area contributed by atoms with E-state index in [9.17, 15) is 5.11 Å². The molecule has 0 bridgehead atoms. The monoisotopic (exact) mass is 296 g/mol. The lowest BCUT2D eigenvalue weighted by Gasteiger charge is -2.25. The smallest absolute Gasteiger partial charge is 0.122 e. The van der Waals surface area contributed by atoms with Gasteiger partial charge in [-0.05, 0) is 19.5 Å². The van der Waals surface area contributed by atoms with E-state index in [-0.39, 0.29) is 6.04 Å². The van der Waals surface area contributed by atoms with Crippen molar-refractivity contribution in [2.45, 2.75) is 19.9 Å². The number of hydrogen-bond donors (Lipinski definition) is 2. The molecular weight excluding hydrogens is 268 g/mol. The van der Waals surface area contributed by atoms with E-state index in [1.54, 1.807) is 14.2 Å². The van der Waals surface area contributed by atoms with Gasteiger partial charge in [-0.3, -0.25) is 0 Å². The summed E-state index contributed by atoms with van der Waals surface area (Å²) in [6.45, 7) is 7.78. The van der Waals surface area contributed by atoms with E-state index < -0.39 is 0 Å². The lowest BCUT2D eigenvalue weighted by molar-refractivity contribution is 0.190. The summed E-state index contributed by atoms with van der Waals surface area (Å²) in [5.41, 5.74) is 1.90. The van der Waals surface area contributed by atoms with Crippen molar-refractivity contribution in [3.05, 3.63) is 23.8 Å². The molecule has 1 rings (SSSR count). The number of ether oxygens (including phenoxy) is 2. The normalized spacial score (nSPS) is 12.4. The van der Waals surface area contributed by atoms with E-state index in [1.165, 1.54) is 0 Å². The third kappa shape index (κ3) is 5.53. The number of nitrogens with one attached hydrogen (secondary N) is 1. The average molecular weight is 296 g/mol. The van der Waals surface area contributed by atoms with Crippen LogP contribution >= 0.6 is 0 Å². The van der Waals surface area contributed by atoms with Gasteiger partial charge in [0.15, 0.2) is 0 Å². The highest BCUT2D eigenvalue weighted by atomic mass is 16.5. The van der Waals surface area contributed by atoms with Gasteiger partial charge in [0.1, 0.15) is 5.75 Å². The maximum atomic E-state index is 10.3. The van der Waals surface area contributed by atoms with Crippen LogP contribution in [0.25, 0.3) is 0 Å². The first-order valence-electron chi connectivity index (χ1n) is 7.43. The second-order valence-electron chi connectivity index (χ2n) is 5.00. The van der Waals surface area contributed by atoms with Crippen molar-refractivity contribution in [3.63, 3.8) is 0 Å². The molecule has 0 aliphatic rings. The molecule has 0 fully saturated rings. The maximum absolute atomic E-state index is 10.3. The highest BCUT2D eigenvalue weighted by Gasteiger charge is 2.13. The first kappa shape index (κ1) is 17.8. The molecule has 0 amide bonds. The molecule has 0 saturated carbocycles. The Kier molecular flexibility index (Phi) is 8.12. The van der Waals surface area contributed by atoms with Crippen molar-refractivity contribution < 1.29 is 14.6 Å². The topological polar surface area (TPSA) is 54.0 Å². The first-order chi connectivity index (χ1) is 10.1. The largest absolute Gasteiger partial charge is 0.508 e. The van der Waals surface area contributed by atoms with Gasteiger partial charge in [0.05, 0.1) is 13.2 Å². The lowest BCUT2D eigenvalue weighted by Crippen LogP contribution is -2.30. The molecule has 2 N–H and O–H groups in total. The average Bonchev–Trinajstić information content (AvgIpc) is 2.47. The third-order valence-corrected chi connectivity index (χ3v) is 3.49. The molecule has 0 spiro atoms. The summed E-state index contributed by atoms with van der Waals surface area (Å²) in [6.07, 6.45) is 0. The number of aromatic hydroxyl groups is 1. The Hall–Kier alpha value is -1.30. The van der Waals surface area contributed by atoms with Crippen LogP contribution in [-0.2, 0) is 9.47 Å². The molecule has 0 aliphatic heterocycles. The maximum Gasteiger partial charge on any atom is 0.122 e. The molecule has 1 atom stereocenters. The Morgan fingerprint density at radius 2 is 1.81 bits per heavy atom. The molecule has 1 unspecified atom stereocenters. The van der Waals surface area contributed by atoms with Crippen molar-refractivity contribution in [1.29, 1.82) is 0 Å². The van der Waals surface area contributed by atoms with E-state index in [1.807, 2.05) is 25.1 Å². The Morgan fingerprint density at radius 1 is 1.19 bits per heavy atom. The lowest BCUT2D eigenvalue weighted by atomic mass is 10.1. The number of phenolic OH excluding ortho intramolecular Hbond substituents is 1. The van der Waals surface area contributed by atoms with Crippen LogP contribution in [0.2, 0.25) is 0 Å². The highest BCUT2D eigenvalue weighted by Crippen LogP contribution is 2.29. The molecule has 120 valence electrons. The van der Waals surface area contributed by atoms with Crippen LogP contribution in [0.3, 0.4) is 0 Å². The van der Waals surface area contributed by atoms with Crippen molar-refractivity contribution >= 4 is 5.69 Å². The van der Waals surface area contributed by atoms with Crippen molar-refractivity contribution in [2.75, 3.05) is 52.0 Å². The quantitative estimate of drug-likeness (QED) is 0.693. The van der Waals surface area contributed by atoms with Gasteiger partial charge < -0.3 is 24.8 Å². The number of nitrogens with zero attached hydrogens (tertiary/aromatic N) is 1. The van der Waals surface area contributed by atoms with Crippen LogP contribution < -0.4 is 10.2 Å². The van der Waals surface area contributed by atoms with E-state index in [0.717, 1.165) is 30.9 Å². The van der Waals surface area contributed by atoms with Gasteiger partial charge in [0.2, 0.25) is 0 Å². The minimum Gasteiger partial charge on any atom is -0.508 e. The zero-order chi connectivity index (χ0) is 15.7. The summed E-state index contributed by atoms with van der Waals surface area (Å²) in [5.74, 6) is 0.320. The molecule has 0 aromatic heterocycles. The van der Waals surface area contributed by atoms with Gasteiger partial charge >= 0.3 is 0 Å². The first-order valence-corrected chi connectivity index (χ1v) is 7.43. The van der Waals surface area contributed by atoms with Crippen LogP contribution in [0, 0.1) is 0 Å². The van der Waals surface area contributed by atoms with E-state index in [0.29, 0.717) is 19.0 Å². The fourth-order valence-electron chi connectivity index (χ4n) is 2.28. The zero-order valence-electron chi connectivity index (χ0n) is 13.6. The Balaban J connectivity index is 2.86. The van der Waals surface area contributed by atoms with E-state index >= 15 is 0 Å². The van der Waals surface area contributed by atoms with Crippen molar-refractivity contribution in [3.8, 4) is 5.75 Å². The summed E-state index contributed by atoms with van der Waals surface area (Å²) in [4.78, 5) is 2.15. The number of hydrogen-bond acceptors (Lipinski definition) is 5. The fraction of sp³-hybridized carbons (Fsp3) is 0.625. The van der Waals surface area contributed by atoms with E-state index in [2.05, 4.69) is 17.1 Å². The molecule has 5 nitrogen and oxygen atoms in total. The Morgan fingerprint density at radius 3 is 2.29 bits per heavy atom. The van der Waals surface area contributed by atoms with Crippen LogP contribution in [0.1, 0.15) is 25.5 Å². The van der Waals surface area contributed by atoms with Crippen molar-refractivity contribution in [2.24, 2.45) is 0 Å². The molecule has 5 heteroatoms. The highest BCUT2D eigenvalue weighted by molar-refractivity contribution is 5.54. The predicted molar refractivity (Wildman–Crippen MR) is 86.2 cm³/mol. The standard InChI is InChI=1S/C16H28N2O3/c1-5-17-13(2)15-7-6-14(12-16(15)19)18(8-10-20-3)9-11-21-4/h6-7,12-13,17,19H,5,8-11H2,1-4H3. The van der Waals surface area contributed by atoms with Gasteiger partial charge in [0.25, 0.3) is 0 Å². The number of rotatable bonds is 10. The van der Waals surface area contributed by atoms with E-state index in [4.69, 9.17) is 9.47 Å². The van der Waals surface area contributed by atoms with Gasteiger partial charge in [-0.2, -0.15) is 0 Å². The molecule has 1 aromatic carbocycles. The zero-order valence-corrected chi connectivity index (χ0v) is 13.6. The van der Waals surface area contributed by atoms with Crippen LogP contribution in [0.5, 0.6) is 5.75 Å². The molecule has 0 saturated heterocycles. The SMILES string of the molecule is CCNC(C)c1ccc(N(CCOC)CCOC)cc1O. The van der Waals surface area contributed by atoms with Crippen LogP contribution in [-0.4, -0.2) is 52.2 Å². The summed E-state index contributed by atoms with van der Waals surface area (Å²) in [7, 11) is 3.38. The number of benzene rings is 1. The summed E-state index contributed by atoms with van der Waals surface area (Å²) >= 11 is 0. The number of phenols is 1. The summed E-state index contributed by atoms with van der Waals surface area (Å²) in [5, 5.41) is 13.6. The molecule has 0 aliphatic carbocycles. The van der Waals surface area contributed by atoms with Crippen LogP contribution in [0.15, 0.2) is 18.2 Å². The minimum absolute atomic E-state index is 0.135. The van der Waals surface area contributed by atoms with Gasteiger partial charge in [-0.15, -0.1) is 0 Å². The Labute approximate surface area is 127 Å². The van der Waals surface area contributed by atoms with Gasteiger partial charge in [-0.1, -0.05) is 13.0 Å². The summed E-state index contributed by atoms with van der Waals surface area (Å²) < 4.78 is 10.3. The molecule has 0 heterocycles. The molecule has 21 heavy (non-hydrogen) atoms. The second-order valence-corrected chi connectivity index (χ2v) is 5.00. The minimum atomic E-state index is 0.135. The van der Waals surface area contributed by atoms with Gasteiger partial charge in [0, 0.05) is 50.7 Å². The second kappa shape index (κ2) is 9.60. The molecular formula is C16H28N2O3. The molecule has 1 aromatic rings. The van der Waals surface area contributed by atoms with Crippen LogP contribution in [0.4, 0.5) is 5.69 Å². The summed E-state index contributed by atoms with van der Waals surface area (Å²) in [6, 6.07) is 5.96. The number of anilines is 1. The fourth-order valence-corrected chi connectivity index (χ4v) is 2.28. The van der Waals surface area contributed by atoms with Crippen molar-refractivity contribution in [1.82, 2.24) is 5.32 Å². The van der Waals surface area contributed by atoms with Gasteiger partial charge in [-0.25, -0.2) is 0 Å². The Bertz CT molecular complexity index is 405. The number of methoxy groups -OCH3 is 2. The molecule has 0 radical (unpaired) electrons. The third-order valence-electron chi connectivity index (χ3n) is 3.49.